The van der Waals surface area contributed by atoms with E-state index in [9.17, 15) is 24.0 Å². The summed E-state index contributed by atoms with van der Waals surface area (Å²) in [4.78, 5) is 73.6. The molecule has 1 aliphatic carbocycles. The first-order chi connectivity index (χ1) is 31.2. The molecule has 9 rings (SSSR count). The Balaban J connectivity index is 0.00000276. The average Bonchev–Trinajstić information content (AvgIpc) is 4.14. The van der Waals surface area contributed by atoms with E-state index in [4.69, 9.17) is 0 Å². The van der Waals surface area contributed by atoms with E-state index in [-0.39, 0.29) is 36.2 Å². The highest BCUT2D eigenvalue weighted by Gasteiger charge is 2.39. The van der Waals surface area contributed by atoms with Gasteiger partial charge in [-0.3, -0.25) is 29.2 Å². The van der Waals surface area contributed by atoms with Gasteiger partial charge in [0.1, 0.15) is 11.7 Å². The molecule has 1 aromatic carbocycles. The molecule has 18 nitrogen and oxygen atoms in total. The Morgan fingerprint density at radius 3 is 2.52 bits per heavy atom. The maximum Gasteiger partial charge on any atom is 0.323 e. The predicted octanol–water partition coefficient (Wildman–Crippen LogP) is 5.32. The number of rotatable bonds is 13. The van der Waals surface area contributed by atoms with Gasteiger partial charge < -0.3 is 30.7 Å². The number of dihydropyridines is 1. The van der Waals surface area contributed by atoms with Crippen molar-refractivity contribution in [1.29, 1.82) is 0 Å². The second kappa shape index (κ2) is 19.8. The molecule has 3 fully saturated rings. The third-order valence-corrected chi connectivity index (χ3v) is 12.8. The monoisotopic (exact) mass is 873 g/mol. The molecule has 2 saturated heterocycles. The van der Waals surface area contributed by atoms with E-state index in [1.54, 1.807) is 23.5 Å². The number of amides is 6. The number of nitrogens with one attached hydrogen (secondary N) is 4. The van der Waals surface area contributed by atoms with Crippen LogP contribution < -0.4 is 26.2 Å². The molecule has 1 saturated carbocycles. The third kappa shape index (κ3) is 9.65. The van der Waals surface area contributed by atoms with Crippen LogP contribution in [0.4, 0.5) is 16.2 Å². The van der Waals surface area contributed by atoms with Crippen molar-refractivity contribution < 1.29 is 24.0 Å². The van der Waals surface area contributed by atoms with Crippen LogP contribution in [0.5, 0.6) is 0 Å². The van der Waals surface area contributed by atoms with Gasteiger partial charge in [0.25, 0.3) is 5.91 Å². The fourth-order valence-corrected chi connectivity index (χ4v) is 9.52. The molecule has 4 N–H and O–H groups in total. The molecular formula is C46H59N13O5. The number of hydrogen-bond donors (Lipinski definition) is 4. The quantitative estimate of drug-likeness (QED) is 0.100. The summed E-state index contributed by atoms with van der Waals surface area (Å²) in [6.45, 7) is 9.76. The van der Waals surface area contributed by atoms with E-state index in [1.807, 2.05) is 71.4 Å². The molecule has 6 amide bonds. The van der Waals surface area contributed by atoms with Crippen molar-refractivity contribution in [3.8, 4) is 0 Å². The minimum Gasteiger partial charge on any atom is -0.377 e. The molecule has 3 aromatic heterocycles. The standard InChI is InChI=1S/C44H53N13O5.C2H6/c1-28-22-31(48-44(62)49-34-25-45-37-15-16-47-57(37)41(34)29-8-5-6-9-29)24-46-40(28)35-27-55(52-51-35)17-7-3-2-4-10-39(59)54-20-18-53(19-21-54)32-11-12-33-30(23-32)26-56(43(33)61)36-13-14-38(58)50-42(36)60;1-2/h11-12,15-16,22-25,27,29,36,40,46H,2-10,13-14,17-21,26H2,1H3,(H2,48,49,62)(H,50,58,60);1-2H3. The van der Waals surface area contributed by atoms with Crippen molar-refractivity contribution in [3.05, 3.63) is 88.9 Å². The Morgan fingerprint density at radius 1 is 0.938 bits per heavy atom. The molecule has 7 heterocycles. The maximum absolute atomic E-state index is 13.2. The van der Waals surface area contributed by atoms with Crippen LogP contribution in [-0.2, 0) is 27.5 Å². The number of urea groups is 1. The first kappa shape index (κ1) is 44.0. The number of piperazine rings is 1. The van der Waals surface area contributed by atoms with Crippen molar-refractivity contribution in [2.75, 3.05) is 36.4 Å². The number of imide groups is 1. The zero-order valence-corrected chi connectivity index (χ0v) is 37.0. The Morgan fingerprint density at radius 2 is 1.73 bits per heavy atom. The van der Waals surface area contributed by atoms with Gasteiger partial charge in [-0.05, 0) is 74.4 Å². The van der Waals surface area contributed by atoms with Gasteiger partial charge >= 0.3 is 6.03 Å². The van der Waals surface area contributed by atoms with Crippen molar-refractivity contribution in [3.63, 3.8) is 0 Å². The van der Waals surface area contributed by atoms with Gasteiger partial charge in [-0.15, -0.1) is 5.10 Å². The summed E-state index contributed by atoms with van der Waals surface area (Å²) < 4.78 is 3.70. The van der Waals surface area contributed by atoms with E-state index in [2.05, 4.69) is 46.6 Å². The maximum atomic E-state index is 13.2. The van der Waals surface area contributed by atoms with Crippen molar-refractivity contribution in [2.24, 2.45) is 0 Å². The molecule has 18 heteroatoms. The number of fused-ring (bicyclic) bond motifs is 2. The number of carbonyl (C=O) groups excluding carboxylic acids is 5. The summed E-state index contributed by atoms with van der Waals surface area (Å²) in [5, 5.41) is 25.0. The summed E-state index contributed by atoms with van der Waals surface area (Å²) in [5.74, 6) is -0.386. The van der Waals surface area contributed by atoms with Gasteiger partial charge in [0.15, 0.2) is 5.65 Å². The average molecular weight is 874 g/mol. The number of piperidine rings is 1. The number of benzene rings is 1. The molecule has 338 valence electrons. The van der Waals surface area contributed by atoms with Crippen LogP contribution in [0.2, 0.25) is 0 Å². The number of unbranched alkanes of at least 4 members (excludes halogenated alkanes) is 3. The van der Waals surface area contributed by atoms with E-state index >= 15 is 0 Å². The molecule has 4 aromatic rings. The van der Waals surface area contributed by atoms with Gasteiger partial charge in [0.2, 0.25) is 17.7 Å². The predicted molar refractivity (Wildman–Crippen MR) is 240 cm³/mol. The molecule has 0 spiro atoms. The van der Waals surface area contributed by atoms with E-state index in [0.717, 1.165) is 91.8 Å². The number of hydrogen-bond acceptors (Lipinski definition) is 11. The van der Waals surface area contributed by atoms with Gasteiger partial charge in [-0.1, -0.05) is 44.7 Å². The fourth-order valence-electron chi connectivity index (χ4n) is 9.52. The highest BCUT2D eigenvalue weighted by atomic mass is 16.2. The SMILES string of the molecule is CC.CC1=CC(NC(=O)Nc2cnc3ccnn3c2C2CCCC2)=CNC1c1cn(CCCCCCC(=O)N2CCN(c3ccc4c(c3)CN(C3CCC(=O)NC3=O)C4=O)CC2)nn1. The third-order valence-electron chi connectivity index (χ3n) is 12.8. The number of anilines is 2. The van der Waals surface area contributed by atoms with Crippen LogP contribution in [0.25, 0.3) is 5.65 Å². The molecule has 0 bridgehead atoms. The highest BCUT2D eigenvalue weighted by molar-refractivity contribution is 6.05. The second-order valence-corrected chi connectivity index (χ2v) is 17.0. The molecule has 64 heavy (non-hydrogen) atoms. The number of aromatic nitrogens is 6. The zero-order chi connectivity index (χ0) is 44.7. The number of aryl methyl sites for hydroxylation is 1. The van der Waals surface area contributed by atoms with E-state index < -0.39 is 11.9 Å². The first-order valence-electron chi connectivity index (χ1n) is 22.9. The lowest BCUT2D eigenvalue weighted by Gasteiger charge is -2.36. The first-order valence-corrected chi connectivity index (χ1v) is 22.9. The summed E-state index contributed by atoms with van der Waals surface area (Å²) in [6.07, 6.45) is 18.4. The normalized spacial score (nSPS) is 20.0. The van der Waals surface area contributed by atoms with E-state index in [0.29, 0.717) is 68.4 Å². The number of carbonyl (C=O) groups is 5. The summed E-state index contributed by atoms with van der Waals surface area (Å²) >= 11 is 0. The van der Waals surface area contributed by atoms with Crippen LogP contribution >= 0.6 is 0 Å². The Labute approximate surface area is 372 Å². The molecular weight excluding hydrogens is 815 g/mol. The van der Waals surface area contributed by atoms with Crippen LogP contribution in [0.1, 0.15) is 131 Å². The van der Waals surface area contributed by atoms with E-state index in [1.165, 1.54) is 0 Å². The van der Waals surface area contributed by atoms with Gasteiger partial charge in [-0.25, -0.2) is 14.3 Å². The summed E-state index contributed by atoms with van der Waals surface area (Å²) in [7, 11) is 0. The Bertz CT molecular complexity index is 2440. The van der Waals surface area contributed by atoms with Crippen molar-refractivity contribution >= 4 is 46.7 Å². The molecule has 2 atom stereocenters. The van der Waals surface area contributed by atoms with Crippen LogP contribution in [-0.4, -0.2) is 101 Å². The van der Waals surface area contributed by atoms with Gasteiger partial charge in [0, 0.05) is 81.5 Å². The fraction of sp³-hybridized carbons (Fsp3) is 0.500. The number of allylic oxidation sites excluding steroid dienone is 1. The smallest absolute Gasteiger partial charge is 0.323 e. The Kier molecular flexibility index (Phi) is 13.7. The lowest BCUT2D eigenvalue weighted by atomic mass is 10.0. The lowest BCUT2D eigenvalue weighted by Crippen LogP contribution is -2.52. The second-order valence-electron chi connectivity index (χ2n) is 17.0. The molecule has 4 aliphatic heterocycles. The summed E-state index contributed by atoms with van der Waals surface area (Å²) in [5.41, 5.74) is 7.34. The molecule has 2 unspecified atom stereocenters. The zero-order valence-electron chi connectivity index (χ0n) is 37.0. The van der Waals surface area contributed by atoms with Crippen LogP contribution in [0, 0.1) is 0 Å². The number of nitrogens with zero attached hydrogens (tertiary/aromatic N) is 9. The minimum atomic E-state index is -0.634. The molecule has 0 radical (unpaired) electrons. The van der Waals surface area contributed by atoms with Gasteiger partial charge in [-0.2, -0.15) is 5.10 Å². The van der Waals surface area contributed by atoms with Crippen molar-refractivity contribution in [2.45, 2.75) is 122 Å². The topological polar surface area (TPSA) is 204 Å². The van der Waals surface area contributed by atoms with Crippen molar-refractivity contribution in [1.82, 2.24) is 55.3 Å². The minimum absolute atomic E-state index is 0.164. The van der Waals surface area contributed by atoms with Crippen LogP contribution in [0.15, 0.2) is 66.4 Å². The molecule has 5 aliphatic rings. The highest BCUT2D eigenvalue weighted by Crippen LogP contribution is 2.38. The summed E-state index contributed by atoms with van der Waals surface area (Å²) in [6, 6.07) is 6.51. The largest absolute Gasteiger partial charge is 0.377 e. The van der Waals surface area contributed by atoms with Crippen LogP contribution in [0.3, 0.4) is 0 Å². The van der Waals surface area contributed by atoms with Gasteiger partial charge in [0.05, 0.1) is 41.7 Å². The Hall–Kier alpha value is -6.59. The lowest BCUT2D eigenvalue weighted by molar-refractivity contribution is -0.137.